The zero-order valence-electron chi connectivity index (χ0n) is 15.8. The molecular weight excluding hydrogens is 354 g/mol. The molecule has 0 amide bonds. The van der Waals surface area contributed by atoms with Crippen LogP contribution in [-0.4, -0.2) is 16.1 Å². The lowest BCUT2D eigenvalue weighted by molar-refractivity contribution is 0.0696. The van der Waals surface area contributed by atoms with E-state index in [-0.39, 0.29) is 5.41 Å². The third kappa shape index (κ3) is 3.30. The number of hydrogen-bond acceptors (Lipinski definition) is 3. The topological polar surface area (TPSA) is 50.2 Å². The van der Waals surface area contributed by atoms with E-state index in [1.165, 1.54) is 4.88 Å². The number of carbonyl (C=O) groups is 1. The first kappa shape index (κ1) is 17.9. The average Bonchev–Trinajstić information content (AvgIpc) is 3.11. The van der Waals surface area contributed by atoms with Crippen molar-refractivity contribution in [3.8, 4) is 0 Å². The Balaban J connectivity index is 2.01. The van der Waals surface area contributed by atoms with E-state index in [1.807, 2.05) is 30.3 Å². The molecule has 2 aromatic heterocycles. The maximum absolute atomic E-state index is 12.2. The second kappa shape index (κ2) is 6.61. The van der Waals surface area contributed by atoms with Crippen molar-refractivity contribution in [2.45, 2.75) is 33.6 Å². The van der Waals surface area contributed by atoms with Crippen molar-refractivity contribution in [1.29, 1.82) is 0 Å². The molecule has 1 atom stereocenters. The van der Waals surface area contributed by atoms with Crippen molar-refractivity contribution >= 4 is 39.9 Å². The van der Waals surface area contributed by atoms with E-state index in [0.29, 0.717) is 11.5 Å². The summed E-state index contributed by atoms with van der Waals surface area (Å²) in [4.78, 5) is 18.3. The molecule has 3 nitrogen and oxygen atoms in total. The Morgan fingerprint density at radius 3 is 2.63 bits per heavy atom. The Hall–Kier alpha value is -2.46. The largest absolute Gasteiger partial charge is 0.478 e. The first-order valence-electron chi connectivity index (χ1n) is 9.24. The van der Waals surface area contributed by atoms with Gasteiger partial charge in [-0.25, -0.2) is 9.78 Å². The van der Waals surface area contributed by atoms with Crippen LogP contribution in [0, 0.1) is 11.3 Å². The molecule has 3 aromatic rings. The summed E-state index contributed by atoms with van der Waals surface area (Å²) in [6, 6.07) is 11.7. The fourth-order valence-corrected chi connectivity index (χ4v) is 4.61. The smallest absolute Gasteiger partial charge is 0.336 e. The minimum Gasteiger partial charge on any atom is -0.478 e. The van der Waals surface area contributed by atoms with Gasteiger partial charge in [-0.15, -0.1) is 11.3 Å². The minimum absolute atomic E-state index is 0.0909. The van der Waals surface area contributed by atoms with E-state index in [1.54, 1.807) is 11.3 Å². The van der Waals surface area contributed by atoms with Gasteiger partial charge in [0.15, 0.2) is 0 Å². The van der Waals surface area contributed by atoms with E-state index in [4.69, 9.17) is 4.98 Å². The average molecular weight is 378 g/mol. The molecule has 4 rings (SSSR count). The van der Waals surface area contributed by atoms with Gasteiger partial charge in [0.25, 0.3) is 0 Å². The number of aromatic nitrogens is 1. The van der Waals surface area contributed by atoms with Gasteiger partial charge in [-0.1, -0.05) is 45.0 Å². The molecule has 1 aliphatic rings. The molecule has 0 bridgehead atoms. The summed E-state index contributed by atoms with van der Waals surface area (Å²) in [5.74, 6) is -0.493. The number of thiophene rings is 1. The predicted octanol–water partition coefficient (Wildman–Crippen LogP) is 6.14. The van der Waals surface area contributed by atoms with Crippen LogP contribution < -0.4 is 0 Å². The first-order valence-corrected chi connectivity index (χ1v) is 10.1. The number of pyridine rings is 1. The number of carboxylic acid groups (broad SMARTS) is 1. The van der Waals surface area contributed by atoms with Crippen LogP contribution in [0.3, 0.4) is 0 Å². The Kier molecular flexibility index (Phi) is 4.39. The molecule has 4 heteroatoms. The number of nitrogens with zero attached hydrogens (tertiary/aromatic N) is 1. The number of aromatic carboxylic acids is 1. The van der Waals surface area contributed by atoms with Crippen LogP contribution in [0.1, 0.15) is 53.7 Å². The number of para-hydroxylation sites is 1. The first-order chi connectivity index (χ1) is 12.8. The van der Waals surface area contributed by atoms with Crippen LogP contribution in [-0.2, 0) is 6.42 Å². The summed E-state index contributed by atoms with van der Waals surface area (Å²) < 4.78 is 0. The molecule has 0 saturated heterocycles. The predicted molar refractivity (Wildman–Crippen MR) is 112 cm³/mol. The SMILES string of the molecule is CC(C)(C)[C@@H]1C/C(=C\c2cccs2)c2nc3ccccc3c(C(=O)O)c2C1. The molecule has 0 saturated carbocycles. The standard InChI is InChI=1S/C23H23NO2S/c1-23(2,3)15-11-14(12-16-7-6-10-27-16)21-18(13-15)20(22(25)26)17-8-4-5-9-19(17)24-21/h4-10,12,15H,11,13H2,1-3H3,(H,25,26)/b14-12+/t15-/m1/s1. The minimum atomic E-state index is -0.866. The highest BCUT2D eigenvalue weighted by Crippen LogP contribution is 2.44. The Morgan fingerprint density at radius 1 is 1.19 bits per heavy atom. The molecule has 0 aliphatic heterocycles. The van der Waals surface area contributed by atoms with Crippen LogP contribution in [0.4, 0.5) is 0 Å². The van der Waals surface area contributed by atoms with Crippen LogP contribution in [0.2, 0.25) is 0 Å². The summed E-state index contributed by atoms with van der Waals surface area (Å²) in [5.41, 5.74) is 4.15. The maximum Gasteiger partial charge on any atom is 0.336 e. The van der Waals surface area contributed by atoms with Crippen molar-refractivity contribution in [2.24, 2.45) is 11.3 Å². The van der Waals surface area contributed by atoms with Gasteiger partial charge < -0.3 is 5.11 Å². The van der Waals surface area contributed by atoms with Gasteiger partial charge in [-0.05, 0) is 58.9 Å². The van der Waals surface area contributed by atoms with Crippen molar-refractivity contribution in [3.05, 3.63) is 63.5 Å². The van der Waals surface area contributed by atoms with Crippen molar-refractivity contribution in [2.75, 3.05) is 0 Å². The summed E-state index contributed by atoms with van der Waals surface area (Å²) in [6.45, 7) is 6.71. The lowest BCUT2D eigenvalue weighted by atomic mass is 9.69. The fraction of sp³-hybridized carbons (Fsp3) is 0.304. The quantitative estimate of drug-likeness (QED) is 0.583. The summed E-state index contributed by atoms with van der Waals surface area (Å²) in [5, 5.41) is 12.8. The number of allylic oxidation sites excluding steroid dienone is 1. The van der Waals surface area contributed by atoms with Gasteiger partial charge in [0.1, 0.15) is 0 Å². The highest BCUT2D eigenvalue weighted by Gasteiger charge is 2.35. The molecule has 1 N–H and O–H groups in total. The molecule has 27 heavy (non-hydrogen) atoms. The molecule has 0 spiro atoms. The van der Waals surface area contributed by atoms with Gasteiger partial charge in [0.05, 0.1) is 16.8 Å². The van der Waals surface area contributed by atoms with Crippen molar-refractivity contribution < 1.29 is 9.90 Å². The van der Waals surface area contributed by atoms with E-state index < -0.39 is 5.97 Å². The molecular formula is C23H23NO2S. The summed E-state index contributed by atoms with van der Waals surface area (Å²) in [6.07, 6.45) is 3.85. The number of rotatable bonds is 2. The molecule has 1 aromatic carbocycles. The molecule has 0 radical (unpaired) electrons. The van der Waals surface area contributed by atoms with Crippen LogP contribution >= 0.6 is 11.3 Å². The van der Waals surface area contributed by atoms with Gasteiger partial charge in [-0.3, -0.25) is 0 Å². The monoisotopic (exact) mass is 377 g/mol. The Morgan fingerprint density at radius 2 is 1.96 bits per heavy atom. The number of carboxylic acids is 1. The summed E-state index contributed by atoms with van der Waals surface area (Å²) in [7, 11) is 0. The van der Waals surface area contributed by atoms with E-state index >= 15 is 0 Å². The van der Waals surface area contributed by atoms with E-state index in [0.717, 1.165) is 40.6 Å². The normalized spacial score (nSPS) is 18.6. The van der Waals surface area contributed by atoms with E-state index in [9.17, 15) is 9.90 Å². The lowest BCUT2D eigenvalue weighted by Gasteiger charge is -2.36. The van der Waals surface area contributed by atoms with Gasteiger partial charge >= 0.3 is 5.97 Å². The van der Waals surface area contributed by atoms with Crippen molar-refractivity contribution in [1.82, 2.24) is 4.98 Å². The Bertz CT molecular complexity index is 1040. The maximum atomic E-state index is 12.2. The molecule has 2 heterocycles. The van der Waals surface area contributed by atoms with Crippen molar-refractivity contribution in [3.63, 3.8) is 0 Å². The van der Waals surface area contributed by atoms with Crippen LogP contribution in [0.15, 0.2) is 41.8 Å². The highest BCUT2D eigenvalue weighted by molar-refractivity contribution is 7.10. The fourth-order valence-electron chi connectivity index (χ4n) is 3.93. The molecule has 0 fully saturated rings. The van der Waals surface area contributed by atoms with Crippen LogP contribution in [0.25, 0.3) is 22.6 Å². The van der Waals surface area contributed by atoms with Gasteiger partial charge in [-0.2, -0.15) is 0 Å². The molecule has 138 valence electrons. The molecule has 0 unspecified atom stereocenters. The zero-order valence-corrected chi connectivity index (χ0v) is 16.6. The third-order valence-corrected chi connectivity index (χ3v) is 6.33. The zero-order chi connectivity index (χ0) is 19.2. The third-order valence-electron chi connectivity index (χ3n) is 5.51. The second-order valence-corrected chi connectivity index (χ2v) is 9.27. The number of fused-ring (bicyclic) bond motifs is 2. The van der Waals surface area contributed by atoms with Gasteiger partial charge in [0, 0.05) is 10.3 Å². The molecule has 1 aliphatic carbocycles. The summed E-state index contributed by atoms with van der Waals surface area (Å²) >= 11 is 1.69. The highest BCUT2D eigenvalue weighted by atomic mass is 32.1. The lowest BCUT2D eigenvalue weighted by Crippen LogP contribution is -2.28. The Labute approximate surface area is 163 Å². The second-order valence-electron chi connectivity index (χ2n) is 8.29. The number of hydrogen-bond donors (Lipinski definition) is 1. The van der Waals surface area contributed by atoms with Crippen LogP contribution in [0.5, 0.6) is 0 Å². The van der Waals surface area contributed by atoms with Gasteiger partial charge in [0.2, 0.25) is 0 Å². The number of benzene rings is 1. The van der Waals surface area contributed by atoms with E-state index in [2.05, 4.69) is 38.3 Å².